The van der Waals surface area contributed by atoms with E-state index in [1.165, 1.54) is 23.1 Å². The Morgan fingerprint density at radius 1 is 1.09 bits per heavy atom. The number of benzene rings is 2. The van der Waals surface area contributed by atoms with E-state index >= 15 is 0 Å². The van der Waals surface area contributed by atoms with E-state index in [4.69, 9.17) is 23.2 Å². The lowest BCUT2D eigenvalue weighted by Crippen LogP contribution is -2.52. The maximum atomic E-state index is 13.8. The number of sulfonamides is 1. The highest BCUT2D eigenvalue weighted by Crippen LogP contribution is 2.27. The smallest absolute Gasteiger partial charge is 0.244 e. The van der Waals surface area contributed by atoms with Gasteiger partial charge in [0.05, 0.1) is 11.9 Å². The van der Waals surface area contributed by atoms with Gasteiger partial charge in [0.2, 0.25) is 21.8 Å². The van der Waals surface area contributed by atoms with Crippen molar-refractivity contribution in [2.75, 3.05) is 23.7 Å². The van der Waals surface area contributed by atoms with Gasteiger partial charge < -0.3 is 10.2 Å². The monoisotopic (exact) mass is 545 g/mol. The first kappa shape index (κ1) is 28.9. The maximum absolute atomic E-state index is 13.8. The van der Waals surface area contributed by atoms with Crippen LogP contribution in [0.1, 0.15) is 38.7 Å². The molecule has 0 heterocycles. The minimum Gasteiger partial charge on any atom is -0.354 e. The second-order valence-electron chi connectivity index (χ2n) is 8.04. The summed E-state index contributed by atoms with van der Waals surface area (Å²) in [5, 5.41) is 3.44. The molecule has 0 radical (unpaired) electrons. The number of carbonyl (C=O) groups excluding carboxylic acids is 2. The van der Waals surface area contributed by atoms with E-state index in [0.29, 0.717) is 22.2 Å². The zero-order valence-electron chi connectivity index (χ0n) is 19.9. The fourth-order valence-corrected chi connectivity index (χ4v) is 4.88. The van der Waals surface area contributed by atoms with Gasteiger partial charge in [0, 0.05) is 28.7 Å². The fourth-order valence-electron chi connectivity index (χ4n) is 3.52. The van der Waals surface area contributed by atoms with Gasteiger partial charge in [-0.3, -0.25) is 13.9 Å². The van der Waals surface area contributed by atoms with Crippen LogP contribution < -0.4 is 9.62 Å². The number of rotatable bonds is 12. The third kappa shape index (κ3) is 8.08. The van der Waals surface area contributed by atoms with Crippen molar-refractivity contribution in [2.45, 2.75) is 45.7 Å². The molecule has 0 bridgehead atoms. The van der Waals surface area contributed by atoms with Crippen LogP contribution in [-0.2, 0) is 26.2 Å². The third-order valence-corrected chi connectivity index (χ3v) is 7.23. The normalized spacial score (nSPS) is 12.2. The van der Waals surface area contributed by atoms with Crippen LogP contribution in [0.25, 0.3) is 0 Å². The van der Waals surface area contributed by atoms with Crippen molar-refractivity contribution in [1.29, 1.82) is 0 Å². The first-order chi connectivity index (χ1) is 16.5. The molecule has 0 aromatic heterocycles. The van der Waals surface area contributed by atoms with Crippen LogP contribution in [0, 0.1) is 5.82 Å². The van der Waals surface area contributed by atoms with E-state index < -0.39 is 34.3 Å². The Morgan fingerprint density at radius 2 is 1.71 bits per heavy atom. The second kappa shape index (κ2) is 13.1. The largest absolute Gasteiger partial charge is 0.354 e. The van der Waals surface area contributed by atoms with Crippen LogP contribution in [-0.4, -0.2) is 50.5 Å². The van der Waals surface area contributed by atoms with Crippen LogP contribution in [0.5, 0.6) is 0 Å². The summed E-state index contributed by atoms with van der Waals surface area (Å²) in [5.74, 6) is -1.67. The van der Waals surface area contributed by atoms with Crippen molar-refractivity contribution in [2.24, 2.45) is 0 Å². The summed E-state index contributed by atoms with van der Waals surface area (Å²) in [6, 6.07) is 8.92. The topological polar surface area (TPSA) is 86.8 Å². The summed E-state index contributed by atoms with van der Waals surface area (Å²) in [7, 11) is -3.96. The zero-order chi connectivity index (χ0) is 26.2. The van der Waals surface area contributed by atoms with Gasteiger partial charge in [0.1, 0.15) is 18.4 Å². The van der Waals surface area contributed by atoms with E-state index in [1.54, 1.807) is 25.1 Å². The second-order valence-corrected chi connectivity index (χ2v) is 10.8. The van der Waals surface area contributed by atoms with Crippen LogP contribution in [0.3, 0.4) is 0 Å². The van der Waals surface area contributed by atoms with Crippen LogP contribution >= 0.6 is 23.2 Å². The van der Waals surface area contributed by atoms with Crippen molar-refractivity contribution in [3.8, 4) is 0 Å². The maximum Gasteiger partial charge on any atom is 0.244 e. The van der Waals surface area contributed by atoms with Gasteiger partial charge in [-0.1, -0.05) is 55.6 Å². The van der Waals surface area contributed by atoms with E-state index in [-0.39, 0.29) is 24.6 Å². The molecule has 0 saturated heterocycles. The number of unbranched alkanes of at least 4 members (excludes halogenated alkanes) is 1. The standard InChI is InChI=1S/C24H30Cl2FN3O4S/c1-4-6-13-28-24(32)22(5-2)29(15-19-20(25)11-8-12-21(19)26)23(31)16-30(35(3,33)34)18-10-7-9-17(27)14-18/h7-12,14,22H,4-6,13,15-16H2,1-3H3,(H,28,32)/t22-/m0/s1. The summed E-state index contributed by atoms with van der Waals surface area (Å²) < 4.78 is 39.7. The molecule has 192 valence electrons. The van der Waals surface area contributed by atoms with E-state index in [2.05, 4.69) is 5.32 Å². The number of amides is 2. The van der Waals surface area contributed by atoms with Gasteiger partial charge in [-0.25, -0.2) is 12.8 Å². The van der Waals surface area contributed by atoms with Gasteiger partial charge in [0.15, 0.2) is 0 Å². The molecular weight excluding hydrogens is 516 g/mol. The Bertz CT molecular complexity index is 1130. The number of hydrogen-bond acceptors (Lipinski definition) is 4. The SMILES string of the molecule is CCCCNC(=O)[C@H](CC)N(Cc1c(Cl)cccc1Cl)C(=O)CN(c1cccc(F)c1)S(C)(=O)=O. The Kier molecular flexibility index (Phi) is 10.8. The third-order valence-electron chi connectivity index (χ3n) is 5.38. The molecular formula is C24H30Cl2FN3O4S. The quantitative estimate of drug-likeness (QED) is 0.394. The van der Waals surface area contributed by atoms with Crippen molar-refractivity contribution >= 4 is 50.7 Å². The van der Waals surface area contributed by atoms with Gasteiger partial charge in [-0.05, 0) is 43.2 Å². The van der Waals surface area contributed by atoms with Crippen molar-refractivity contribution < 1.29 is 22.4 Å². The molecule has 0 fully saturated rings. The fraction of sp³-hybridized carbons (Fsp3) is 0.417. The molecule has 2 rings (SSSR count). The molecule has 1 N–H and O–H groups in total. The summed E-state index contributed by atoms with van der Waals surface area (Å²) in [4.78, 5) is 27.8. The molecule has 7 nitrogen and oxygen atoms in total. The number of nitrogens with one attached hydrogen (secondary N) is 1. The minimum absolute atomic E-state index is 0.00276. The summed E-state index contributed by atoms with van der Waals surface area (Å²) in [6.45, 7) is 3.44. The Hall–Kier alpha value is -2.36. The molecule has 11 heteroatoms. The highest BCUT2D eigenvalue weighted by molar-refractivity contribution is 7.92. The van der Waals surface area contributed by atoms with Crippen molar-refractivity contribution in [3.63, 3.8) is 0 Å². The molecule has 1 atom stereocenters. The molecule has 2 aromatic rings. The molecule has 0 spiro atoms. The van der Waals surface area contributed by atoms with Gasteiger partial charge >= 0.3 is 0 Å². The molecule has 2 aromatic carbocycles. The molecule has 0 aliphatic carbocycles. The van der Waals surface area contributed by atoms with Crippen LogP contribution in [0.15, 0.2) is 42.5 Å². The Morgan fingerprint density at radius 3 is 2.26 bits per heavy atom. The number of anilines is 1. The molecule has 35 heavy (non-hydrogen) atoms. The van der Waals surface area contributed by atoms with Gasteiger partial charge in [0.25, 0.3) is 0 Å². The predicted octanol–water partition coefficient (Wildman–Crippen LogP) is 4.62. The van der Waals surface area contributed by atoms with Gasteiger partial charge in [-0.2, -0.15) is 0 Å². The number of carbonyl (C=O) groups is 2. The van der Waals surface area contributed by atoms with Crippen molar-refractivity contribution in [1.82, 2.24) is 10.2 Å². The predicted molar refractivity (Wildman–Crippen MR) is 138 cm³/mol. The average Bonchev–Trinajstić information content (AvgIpc) is 2.78. The molecule has 0 aliphatic rings. The summed E-state index contributed by atoms with van der Waals surface area (Å²) in [6.07, 6.45) is 2.85. The van der Waals surface area contributed by atoms with Crippen LogP contribution in [0.2, 0.25) is 10.0 Å². The number of hydrogen-bond donors (Lipinski definition) is 1. The number of halogens is 3. The molecule has 0 aliphatic heterocycles. The van der Waals surface area contributed by atoms with E-state index in [9.17, 15) is 22.4 Å². The van der Waals surface area contributed by atoms with E-state index in [0.717, 1.165) is 29.5 Å². The lowest BCUT2D eigenvalue weighted by Gasteiger charge is -2.33. The lowest BCUT2D eigenvalue weighted by atomic mass is 10.1. The first-order valence-electron chi connectivity index (χ1n) is 11.2. The van der Waals surface area contributed by atoms with Crippen molar-refractivity contribution in [3.05, 3.63) is 63.9 Å². The highest BCUT2D eigenvalue weighted by atomic mass is 35.5. The lowest BCUT2D eigenvalue weighted by molar-refractivity contribution is -0.140. The Balaban J connectivity index is 2.46. The van der Waals surface area contributed by atoms with E-state index in [1.807, 2.05) is 6.92 Å². The molecule has 2 amide bonds. The highest BCUT2D eigenvalue weighted by Gasteiger charge is 2.32. The molecule has 0 unspecified atom stereocenters. The summed E-state index contributed by atoms with van der Waals surface area (Å²) in [5.41, 5.74) is 0.428. The number of nitrogens with zero attached hydrogens (tertiary/aromatic N) is 2. The summed E-state index contributed by atoms with van der Waals surface area (Å²) >= 11 is 12.7. The average molecular weight is 546 g/mol. The zero-order valence-corrected chi connectivity index (χ0v) is 22.3. The first-order valence-corrected chi connectivity index (χ1v) is 13.8. The minimum atomic E-state index is -3.96. The molecule has 0 saturated carbocycles. The van der Waals surface area contributed by atoms with Gasteiger partial charge in [-0.15, -0.1) is 0 Å². The Labute approximate surface area is 216 Å². The van der Waals surface area contributed by atoms with Crippen LogP contribution in [0.4, 0.5) is 10.1 Å².